The van der Waals surface area contributed by atoms with Crippen molar-refractivity contribution >= 4 is 23.2 Å². The van der Waals surface area contributed by atoms with E-state index in [1.54, 1.807) is 0 Å². The Kier molecular flexibility index (Phi) is 3.27. The zero-order chi connectivity index (χ0) is 12.5. The number of rotatable bonds is 2. The van der Waals surface area contributed by atoms with Crippen LogP contribution >= 0.6 is 11.6 Å². The van der Waals surface area contributed by atoms with Crippen LogP contribution in [0.4, 0.5) is 5.69 Å². The lowest BCUT2D eigenvalue weighted by Gasteiger charge is -2.26. The van der Waals surface area contributed by atoms with Gasteiger partial charge in [0.15, 0.2) is 0 Å². The average molecular weight is 266 g/mol. The summed E-state index contributed by atoms with van der Waals surface area (Å²) in [6.45, 7) is 1.61. The third kappa shape index (κ3) is 2.25. The molecule has 1 saturated heterocycles. The summed E-state index contributed by atoms with van der Waals surface area (Å²) in [6.07, 6.45) is 2.51. The lowest BCUT2D eigenvalue weighted by Crippen LogP contribution is -2.19. The first kappa shape index (κ1) is 12.0. The van der Waals surface area contributed by atoms with E-state index in [9.17, 15) is 4.79 Å². The monoisotopic (exact) mass is 265 g/mol. The minimum absolute atomic E-state index is 0.0231. The largest absolute Gasteiger partial charge is 0.381 e. The molecule has 0 bridgehead atoms. The summed E-state index contributed by atoms with van der Waals surface area (Å²) in [7, 11) is 0. The summed E-state index contributed by atoms with van der Waals surface area (Å²) in [5.74, 6) is 0.544. The number of amides is 1. The maximum absolute atomic E-state index is 11.3. The first-order valence-corrected chi connectivity index (χ1v) is 6.82. The highest BCUT2D eigenvalue weighted by Gasteiger charge is 2.25. The number of halogens is 1. The molecule has 1 N–H and O–H groups in total. The summed E-state index contributed by atoms with van der Waals surface area (Å²) >= 11 is 6.56. The van der Waals surface area contributed by atoms with E-state index in [4.69, 9.17) is 16.3 Å². The van der Waals surface area contributed by atoms with E-state index >= 15 is 0 Å². The zero-order valence-electron chi connectivity index (χ0n) is 10.1. The van der Waals surface area contributed by atoms with Gasteiger partial charge in [0.25, 0.3) is 0 Å². The molecule has 96 valence electrons. The highest BCUT2D eigenvalue weighted by molar-refractivity contribution is 6.21. The Balaban J connectivity index is 1.80. The lowest BCUT2D eigenvalue weighted by atomic mass is 9.91. The van der Waals surface area contributed by atoms with Gasteiger partial charge in [-0.05, 0) is 36.0 Å². The topological polar surface area (TPSA) is 38.3 Å². The normalized spacial score (nSPS) is 21.5. The van der Waals surface area contributed by atoms with Crippen LogP contribution in [0.2, 0.25) is 0 Å². The molecule has 1 amide bonds. The molecule has 2 aliphatic heterocycles. The maximum atomic E-state index is 11.3. The van der Waals surface area contributed by atoms with Crippen molar-refractivity contribution in [1.82, 2.24) is 0 Å². The summed E-state index contributed by atoms with van der Waals surface area (Å²) in [4.78, 5) is 11.3. The van der Waals surface area contributed by atoms with Crippen LogP contribution in [-0.2, 0) is 16.0 Å². The molecule has 1 atom stereocenters. The zero-order valence-corrected chi connectivity index (χ0v) is 10.9. The van der Waals surface area contributed by atoms with E-state index in [1.165, 1.54) is 0 Å². The fourth-order valence-corrected chi connectivity index (χ4v) is 3.09. The summed E-state index contributed by atoms with van der Waals surface area (Å²) in [6, 6.07) is 6.06. The van der Waals surface area contributed by atoms with Gasteiger partial charge in [0.05, 0.1) is 11.8 Å². The minimum Gasteiger partial charge on any atom is -0.381 e. The first-order valence-electron chi connectivity index (χ1n) is 6.38. The minimum atomic E-state index is 0.0231. The van der Waals surface area contributed by atoms with Crippen LogP contribution in [0.3, 0.4) is 0 Å². The number of carbonyl (C=O) groups is 1. The molecule has 0 radical (unpaired) electrons. The number of anilines is 1. The summed E-state index contributed by atoms with van der Waals surface area (Å²) in [5.41, 5.74) is 3.12. The second kappa shape index (κ2) is 4.90. The first-order chi connectivity index (χ1) is 8.74. The fourth-order valence-electron chi connectivity index (χ4n) is 2.70. The van der Waals surface area contributed by atoms with Crippen molar-refractivity contribution < 1.29 is 9.53 Å². The molecule has 0 spiro atoms. The molecular weight excluding hydrogens is 250 g/mol. The fraction of sp³-hybridized carbons (Fsp3) is 0.500. The molecule has 0 aliphatic carbocycles. The molecule has 1 aromatic carbocycles. The molecule has 3 rings (SSSR count). The van der Waals surface area contributed by atoms with E-state index in [1.807, 2.05) is 12.1 Å². The highest BCUT2D eigenvalue weighted by atomic mass is 35.5. The molecule has 2 aliphatic rings. The molecule has 4 heteroatoms. The van der Waals surface area contributed by atoms with E-state index in [0.29, 0.717) is 12.3 Å². The Bertz CT molecular complexity index is 469. The Hall–Kier alpha value is -1.06. The van der Waals surface area contributed by atoms with Gasteiger partial charge in [-0.1, -0.05) is 12.1 Å². The van der Waals surface area contributed by atoms with Gasteiger partial charge in [0.1, 0.15) is 0 Å². The van der Waals surface area contributed by atoms with E-state index < -0.39 is 0 Å². The SMILES string of the molecule is O=C1Cc2cc(C(Cl)C3CCOCC3)ccc2N1. The molecule has 1 fully saturated rings. The van der Waals surface area contributed by atoms with Crippen LogP contribution in [-0.4, -0.2) is 19.1 Å². The summed E-state index contributed by atoms with van der Waals surface area (Å²) < 4.78 is 5.36. The molecule has 0 saturated carbocycles. The Morgan fingerprint density at radius 2 is 2.11 bits per heavy atom. The quantitative estimate of drug-likeness (QED) is 0.835. The predicted molar refractivity (Wildman–Crippen MR) is 70.9 cm³/mol. The van der Waals surface area contributed by atoms with Crippen molar-refractivity contribution in [2.24, 2.45) is 5.92 Å². The predicted octanol–water partition coefficient (Wildman–Crippen LogP) is 2.89. The lowest BCUT2D eigenvalue weighted by molar-refractivity contribution is -0.115. The van der Waals surface area contributed by atoms with Gasteiger partial charge in [0, 0.05) is 18.9 Å². The second-order valence-corrected chi connectivity index (χ2v) is 5.46. The molecule has 1 unspecified atom stereocenters. The molecule has 1 aromatic rings. The van der Waals surface area contributed by atoms with Crippen molar-refractivity contribution in [3.8, 4) is 0 Å². The van der Waals surface area contributed by atoms with E-state index in [2.05, 4.69) is 11.4 Å². The van der Waals surface area contributed by atoms with Gasteiger partial charge in [-0.2, -0.15) is 0 Å². The summed E-state index contributed by atoms with van der Waals surface area (Å²) in [5, 5.41) is 2.86. The van der Waals surface area contributed by atoms with Gasteiger partial charge in [-0.3, -0.25) is 4.79 Å². The van der Waals surface area contributed by atoms with Gasteiger partial charge in [0.2, 0.25) is 5.91 Å². The Morgan fingerprint density at radius 3 is 2.89 bits per heavy atom. The number of nitrogens with one attached hydrogen (secondary N) is 1. The van der Waals surface area contributed by atoms with Gasteiger partial charge in [-0.25, -0.2) is 0 Å². The highest BCUT2D eigenvalue weighted by Crippen LogP contribution is 2.37. The van der Waals surface area contributed by atoms with Crippen molar-refractivity contribution in [2.45, 2.75) is 24.6 Å². The number of alkyl halides is 1. The number of ether oxygens (including phenoxy) is 1. The Morgan fingerprint density at radius 1 is 1.33 bits per heavy atom. The average Bonchev–Trinajstić information content (AvgIpc) is 2.78. The number of hydrogen-bond acceptors (Lipinski definition) is 2. The number of fused-ring (bicyclic) bond motifs is 1. The molecule has 18 heavy (non-hydrogen) atoms. The van der Waals surface area contributed by atoms with Crippen LogP contribution in [0.1, 0.15) is 29.3 Å². The smallest absolute Gasteiger partial charge is 0.228 e. The van der Waals surface area contributed by atoms with Crippen molar-refractivity contribution in [2.75, 3.05) is 18.5 Å². The van der Waals surface area contributed by atoms with Gasteiger partial charge < -0.3 is 10.1 Å². The van der Waals surface area contributed by atoms with Crippen LogP contribution < -0.4 is 5.32 Å². The maximum Gasteiger partial charge on any atom is 0.228 e. The third-order valence-electron chi connectivity index (χ3n) is 3.75. The molecule has 2 heterocycles. The molecule has 0 aromatic heterocycles. The van der Waals surface area contributed by atoms with Gasteiger partial charge >= 0.3 is 0 Å². The Labute approximate surface area is 111 Å². The number of benzene rings is 1. The van der Waals surface area contributed by atoms with E-state index in [-0.39, 0.29) is 11.3 Å². The van der Waals surface area contributed by atoms with Crippen molar-refractivity contribution in [3.63, 3.8) is 0 Å². The molecule has 3 nitrogen and oxygen atoms in total. The molecular formula is C14H16ClNO2. The van der Waals surface area contributed by atoms with Gasteiger partial charge in [-0.15, -0.1) is 11.6 Å². The van der Waals surface area contributed by atoms with Crippen molar-refractivity contribution in [1.29, 1.82) is 0 Å². The van der Waals surface area contributed by atoms with E-state index in [0.717, 1.165) is 42.9 Å². The van der Waals surface area contributed by atoms with Crippen LogP contribution in [0, 0.1) is 5.92 Å². The van der Waals surface area contributed by atoms with Crippen LogP contribution in [0.15, 0.2) is 18.2 Å². The number of hydrogen-bond donors (Lipinski definition) is 1. The third-order valence-corrected chi connectivity index (χ3v) is 4.36. The van der Waals surface area contributed by atoms with Crippen molar-refractivity contribution in [3.05, 3.63) is 29.3 Å². The van der Waals surface area contributed by atoms with Crippen LogP contribution in [0.25, 0.3) is 0 Å². The van der Waals surface area contributed by atoms with Crippen LogP contribution in [0.5, 0.6) is 0 Å². The second-order valence-electron chi connectivity index (χ2n) is 4.99. The standard InChI is InChI=1S/C14H16ClNO2/c15-14(9-3-5-18-6-4-9)10-1-2-12-11(7-10)8-13(17)16-12/h1-2,7,9,14H,3-6,8H2,(H,16,17). The number of carbonyl (C=O) groups excluding carboxylic acids is 1.